The lowest BCUT2D eigenvalue weighted by molar-refractivity contribution is -0.134. The highest BCUT2D eigenvalue weighted by Crippen LogP contribution is 2.47. The van der Waals surface area contributed by atoms with Crippen LogP contribution in [0.3, 0.4) is 0 Å². The Kier molecular flexibility index (Phi) is 3.74. The van der Waals surface area contributed by atoms with Crippen LogP contribution in [0.1, 0.15) is 19.8 Å². The van der Waals surface area contributed by atoms with Gasteiger partial charge in [0.05, 0.1) is 12.8 Å². The van der Waals surface area contributed by atoms with E-state index in [2.05, 4.69) is 10.6 Å². The number of anilines is 1. The quantitative estimate of drug-likeness (QED) is 0.791. The van der Waals surface area contributed by atoms with Gasteiger partial charge >= 0.3 is 0 Å². The number of ether oxygens (including phenoxy) is 1. The maximum absolute atomic E-state index is 12.3. The van der Waals surface area contributed by atoms with Gasteiger partial charge in [-0.25, -0.2) is 0 Å². The van der Waals surface area contributed by atoms with Gasteiger partial charge in [-0.05, 0) is 31.9 Å². The first-order chi connectivity index (χ1) is 9.14. The molecular weight excluding hydrogens is 244 g/mol. The van der Waals surface area contributed by atoms with Crippen LogP contribution < -0.4 is 15.4 Å². The van der Waals surface area contributed by atoms with E-state index in [1.807, 2.05) is 19.1 Å². The smallest absolute Gasteiger partial charge is 0.240 e. The van der Waals surface area contributed by atoms with Gasteiger partial charge in [0.15, 0.2) is 0 Å². The molecule has 2 rings (SSSR count). The third-order valence-corrected chi connectivity index (χ3v) is 3.31. The molecule has 0 atom stereocenters. The van der Waals surface area contributed by atoms with Crippen molar-refractivity contribution in [3.8, 4) is 5.75 Å². The summed E-state index contributed by atoms with van der Waals surface area (Å²) in [6.45, 7) is 2.37. The molecule has 2 amide bonds. The highest BCUT2D eigenvalue weighted by Gasteiger charge is 2.56. The molecule has 0 aromatic heterocycles. The number of methoxy groups -OCH3 is 1. The highest BCUT2D eigenvalue weighted by atomic mass is 16.5. The van der Waals surface area contributed by atoms with Crippen molar-refractivity contribution in [2.24, 2.45) is 5.41 Å². The van der Waals surface area contributed by atoms with Crippen molar-refractivity contribution in [2.75, 3.05) is 19.0 Å². The van der Waals surface area contributed by atoms with E-state index in [-0.39, 0.29) is 11.8 Å². The highest BCUT2D eigenvalue weighted by molar-refractivity contribution is 6.13. The lowest BCUT2D eigenvalue weighted by atomic mass is 10.1. The molecule has 1 fully saturated rings. The summed E-state index contributed by atoms with van der Waals surface area (Å²) in [7, 11) is 1.54. The molecule has 0 aliphatic heterocycles. The summed E-state index contributed by atoms with van der Waals surface area (Å²) in [5.41, 5.74) is -0.304. The van der Waals surface area contributed by atoms with Crippen molar-refractivity contribution in [1.82, 2.24) is 5.32 Å². The minimum atomic E-state index is -0.892. The zero-order chi connectivity index (χ0) is 13.9. The Morgan fingerprint density at radius 2 is 1.95 bits per heavy atom. The molecule has 1 aliphatic rings. The number of rotatable bonds is 5. The normalized spacial score (nSPS) is 15.5. The first-order valence-electron chi connectivity index (χ1n) is 6.37. The molecule has 1 aromatic rings. The van der Waals surface area contributed by atoms with Crippen LogP contribution in [0, 0.1) is 5.41 Å². The van der Waals surface area contributed by atoms with Gasteiger partial charge in [-0.2, -0.15) is 0 Å². The Labute approximate surface area is 112 Å². The fourth-order valence-corrected chi connectivity index (χ4v) is 2.00. The molecule has 0 unspecified atom stereocenters. The van der Waals surface area contributed by atoms with Gasteiger partial charge in [-0.15, -0.1) is 0 Å². The van der Waals surface area contributed by atoms with E-state index in [9.17, 15) is 9.59 Å². The standard InChI is InChI=1S/C14H18N2O3/c1-3-15-12(17)14(8-9-14)13(18)16-10-6-4-5-7-11(10)19-2/h4-7H,3,8-9H2,1-2H3,(H,15,17)(H,16,18). The van der Waals surface area contributed by atoms with Crippen molar-refractivity contribution < 1.29 is 14.3 Å². The number of hydrogen-bond donors (Lipinski definition) is 2. The summed E-state index contributed by atoms with van der Waals surface area (Å²) in [6, 6.07) is 7.15. The molecule has 1 saturated carbocycles. The molecule has 0 spiro atoms. The minimum absolute atomic E-state index is 0.192. The third-order valence-electron chi connectivity index (χ3n) is 3.31. The lowest BCUT2D eigenvalue weighted by Gasteiger charge is -2.16. The lowest BCUT2D eigenvalue weighted by Crippen LogP contribution is -2.39. The molecule has 1 aliphatic carbocycles. The van der Waals surface area contributed by atoms with Crippen LogP contribution in [0.2, 0.25) is 0 Å². The Balaban J connectivity index is 2.11. The maximum atomic E-state index is 12.3. The maximum Gasteiger partial charge on any atom is 0.240 e. The van der Waals surface area contributed by atoms with E-state index in [0.29, 0.717) is 30.8 Å². The Morgan fingerprint density at radius 1 is 1.26 bits per heavy atom. The van der Waals surface area contributed by atoms with Crippen LogP contribution in [0.15, 0.2) is 24.3 Å². The second kappa shape index (κ2) is 5.30. The molecule has 19 heavy (non-hydrogen) atoms. The first kappa shape index (κ1) is 13.4. The number of benzene rings is 1. The van der Waals surface area contributed by atoms with E-state index >= 15 is 0 Å². The van der Waals surface area contributed by atoms with Gasteiger partial charge in [-0.1, -0.05) is 12.1 Å². The molecule has 0 heterocycles. The summed E-state index contributed by atoms with van der Waals surface area (Å²) in [4.78, 5) is 24.2. The Bertz CT molecular complexity index is 495. The fraction of sp³-hybridized carbons (Fsp3) is 0.429. The average Bonchev–Trinajstić information content (AvgIpc) is 3.21. The minimum Gasteiger partial charge on any atom is -0.495 e. The summed E-state index contributed by atoms with van der Waals surface area (Å²) in [6.07, 6.45) is 1.19. The zero-order valence-electron chi connectivity index (χ0n) is 11.2. The average molecular weight is 262 g/mol. The second-order valence-electron chi connectivity index (χ2n) is 4.60. The summed E-state index contributed by atoms with van der Waals surface area (Å²) >= 11 is 0. The van der Waals surface area contributed by atoms with E-state index in [0.717, 1.165) is 0 Å². The number of amides is 2. The largest absolute Gasteiger partial charge is 0.495 e. The zero-order valence-corrected chi connectivity index (χ0v) is 11.2. The van der Waals surface area contributed by atoms with E-state index in [4.69, 9.17) is 4.74 Å². The van der Waals surface area contributed by atoms with Crippen LogP contribution in [0.25, 0.3) is 0 Å². The van der Waals surface area contributed by atoms with Gasteiger partial charge in [0.25, 0.3) is 0 Å². The van der Waals surface area contributed by atoms with Crippen LogP contribution in [0.5, 0.6) is 5.75 Å². The van der Waals surface area contributed by atoms with E-state index < -0.39 is 5.41 Å². The molecular formula is C14H18N2O3. The van der Waals surface area contributed by atoms with Crippen LogP contribution in [-0.4, -0.2) is 25.5 Å². The number of hydrogen-bond acceptors (Lipinski definition) is 3. The second-order valence-corrected chi connectivity index (χ2v) is 4.60. The van der Waals surface area contributed by atoms with Crippen LogP contribution >= 0.6 is 0 Å². The number of carbonyl (C=O) groups is 2. The topological polar surface area (TPSA) is 67.4 Å². The number of carbonyl (C=O) groups excluding carboxylic acids is 2. The molecule has 5 nitrogen and oxygen atoms in total. The van der Waals surface area contributed by atoms with Crippen molar-refractivity contribution in [3.05, 3.63) is 24.3 Å². The van der Waals surface area contributed by atoms with Gasteiger partial charge in [0.2, 0.25) is 11.8 Å². The van der Waals surface area contributed by atoms with Crippen molar-refractivity contribution in [2.45, 2.75) is 19.8 Å². The molecule has 1 aromatic carbocycles. The van der Waals surface area contributed by atoms with Gasteiger partial charge < -0.3 is 15.4 Å². The third kappa shape index (κ3) is 2.54. The summed E-state index contributed by atoms with van der Waals surface area (Å²) < 4.78 is 5.17. The number of para-hydroxylation sites is 2. The van der Waals surface area contributed by atoms with Gasteiger partial charge in [0, 0.05) is 6.54 Å². The molecule has 5 heteroatoms. The predicted octanol–water partition coefficient (Wildman–Crippen LogP) is 1.55. The Morgan fingerprint density at radius 3 is 2.53 bits per heavy atom. The summed E-state index contributed by atoms with van der Waals surface area (Å²) in [5, 5.41) is 5.49. The van der Waals surface area contributed by atoms with Crippen molar-refractivity contribution in [1.29, 1.82) is 0 Å². The predicted molar refractivity (Wildman–Crippen MR) is 72.0 cm³/mol. The SMILES string of the molecule is CCNC(=O)C1(C(=O)Nc2ccccc2OC)CC1. The monoisotopic (exact) mass is 262 g/mol. The first-order valence-corrected chi connectivity index (χ1v) is 6.37. The van der Waals surface area contributed by atoms with Gasteiger partial charge in [0.1, 0.15) is 11.2 Å². The van der Waals surface area contributed by atoms with Crippen molar-refractivity contribution in [3.63, 3.8) is 0 Å². The fourth-order valence-electron chi connectivity index (χ4n) is 2.00. The van der Waals surface area contributed by atoms with Crippen LogP contribution in [-0.2, 0) is 9.59 Å². The summed E-state index contributed by atoms with van der Waals surface area (Å²) in [5.74, 6) is 0.132. The molecule has 0 bridgehead atoms. The molecule has 102 valence electrons. The van der Waals surface area contributed by atoms with Crippen molar-refractivity contribution >= 4 is 17.5 Å². The molecule has 2 N–H and O–H groups in total. The molecule has 0 saturated heterocycles. The van der Waals surface area contributed by atoms with Crippen LogP contribution in [0.4, 0.5) is 5.69 Å². The van der Waals surface area contributed by atoms with E-state index in [1.165, 1.54) is 0 Å². The molecule has 0 radical (unpaired) electrons. The number of nitrogens with one attached hydrogen (secondary N) is 2. The Hall–Kier alpha value is -2.04. The van der Waals surface area contributed by atoms with Gasteiger partial charge in [-0.3, -0.25) is 9.59 Å². The van der Waals surface area contributed by atoms with E-state index in [1.54, 1.807) is 19.2 Å².